The maximum absolute atomic E-state index is 14.7. The van der Waals surface area contributed by atoms with Gasteiger partial charge >= 0.3 is 0 Å². The van der Waals surface area contributed by atoms with Gasteiger partial charge in [-0.1, -0.05) is 30.3 Å². The second-order valence-electron chi connectivity index (χ2n) is 7.46. The smallest absolute Gasteiger partial charge is 0.224 e. The summed E-state index contributed by atoms with van der Waals surface area (Å²) in [5, 5.41) is 10.2. The number of nitrogens with zero attached hydrogens (tertiary/aromatic N) is 5. The van der Waals surface area contributed by atoms with Gasteiger partial charge in [0.05, 0.1) is 16.3 Å². The Labute approximate surface area is 195 Å². The van der Waals surface area contributed by atoms with Gasteiger partial charge in [-0.3, -0.25) is 0 Å². The molecule has 0 amide bonds. The topological polar surface area (TPSA) is 152 Å². The van der Waals surface area contributed by atoms with Crippen LogP contribution in [-0.4, -0.2) is 36.2 Å². The molecule has 0 aliphatic heterocycles. The molecule has 0 radical (unpaired) electrons. The Morgan fingerprint density at radius 2 is 1.82 bits per heavy atom. The van der Waals surface area contributed by atoms with Crippen molar-refractivity contribution in [3.05, 3.63) is 59.9 Å². The average molecular weight is 478 g/mol. The minimum Gasteiger partial charge on any atom is -0.382 e. The molecule has 0 saturated carbocycles. The van der Waals surface area contributed by atoms with Crippen LogP contribution in [0, 0.1) is 17.1 Å². The molecule has 4 aromatic rings. The van der Waals surface area contributed by atoms with Gasteiger partial charge in [0, 0.05) is 23.8 Å². The maximum Gasteiger partial charge on any atom is 0.224 e. The van der Waals surface area contributed by atoms with Gasteiger partial charge in [0.1, 0.15) is 28.8 Å². The second-order valence-corrected chi connectivity index (χ2v) is 9.44. The van der Waals surface area contributed by atoms with Crippen LogP contribution in [0.5, 0.6) is 0 Å². The quantitative estimate of drug-likeness (QED) is 0.440. The monoisotopic (exact) mass is 477 g/mol. The van der Waals surface area contributed by atoms with Gasteiger partial charge in [-0.25, -0.2) is 17.8 Å². The molecular weight excluding hydrogens is 457 g/mol. The molecule has 0 unspecified atom stereocenters. The predicted octanol–water partition coefficient (Wildman–Crippen LogP) is 3.43. The largest absolute Gasteiger partial charge is 0.382 e. The number of fused-ring (bicyclic) bond motifs is 1. The van der Waals surface area contributed by atoms with Gasteiger partial charge in [0.2, 0.25) is 5.95 Å². The summed E-state index contributed by atoms with van der Waals surface area (Å²) in [6, 6.07) is 14.5. The summed E-state index contributed by atoms with van der Waals surface area (Å²) < 4.78 is 39.8. The molecule has 2 heterocycles. The van der Waals surface area contributed by atoms with E-state index in [0.29, 0.717) is 11.1 Å². The molecule has 0 aliphatic carbocycles. The molecule has 0 fully saturated rings. The van der Waals surface area contributed by atoms with Crippen molar-refractivity contribution in [2.75, 3.05) is 29.2 Å². The lowest BCUT2D eigenvalue weighted by molar-refractivity contribution is 0.602. The van der Waals surface area contributed by atoms with E-state index >= 15 is 0 Å². The molecule has 4 rings (SSSR count). The first-order valence-corrected chi connectivity index (χ1v) is 12.0. The number of sulfone groups is 1. The Kier molecular flexibility index (Phi) is 5.76. The number of benzene rings is 2. The molecule has 0 spiro atoms. The number of halogens is 1. The van der Waals surface area contributed by atoms with Gasteiger partial charge in [0.25, 0.3) is 0 Å². The fourth-order valence-electron chi connectivity index (χ4n) is 3.76. The summed E-state index contributed by atoms with van der Waals surface area (Å²) in [6.45, 7) is 2.08. The lowest BCUT2D eigenvalue weighted by Gasteiger charge is -2.26. The van der Waals surface area contributed by atoms with Crippen molar-refractivity contribution in [2.24, 2.45) is 0 Å². The minimum atomic E-state index is -3.66. The Morgan fingerprint density at radius 1 is 1.09 bits per heavy atom. The Bertz CT molecular complexity index is 1580. The Hall–Kier alpha value is -4.30. The number of para-hydroxylation sites is 1. The zero-order valence-electron chi connectivity index (χ0n) is 18.3. The van der Waals surface area contributed by atoms with Crippen LogP contribution in [0.1, 0.15) is 12.5 Å². The highest BCUT2D eigenvalue weighted by atomic mass is 32.2. The zero-order valence-corrected chi connectivity index (χ0v) is 19.1. The molecule has 172 valence electrons. The number of anilines is 4. The zero-order chi connectivity index (χ0) is 24.6. The molecule has 34 heavy (non-hydrogen) atoms. The first-order valence-electron chi connectivity index (χ1n) is 10.1. The molecule has 11 heteroatoms. The third kappa shape index (κ3) is 3.95. The summed E-state index contributed by atoms with van der Waals surface area (Å²) in [5.41, 5.74) is 12.7. The molecule has 0 saturated heterocycles. The standard InChI is InChI=1S/C23H20FN7O2S/c1-3-31(22-15(12-25)21(26)29-23(27)30-22)17-11-13-7-6-9-16(24)19(13)28-20(17)14-8-4-5-10-18(14)34(2,32)33/h4-11H,3H2,1-2H3,(H4,26,27,29,30). The average Bonchev–Trinajstić information content (AvgIpc) is 2.79. The van der Waals surface area contributed by atoms with Gasteiger partial charge < -0.3 is 16.4 Å². The third-order valence-electron chi connectivity index (χ3n) is 5.23. The molecule has 2 aromatic carbocycles. The van der Waals surface area contributed by atoms with E-state index < -0.39 is 15.7 Å². The SMILES string of the molecule is CCN(c1cc2cccc(F)c2nc1-c1ccccc1S(C)(=O)=O)c1nc(N)nc(N)c1C#N. The van der Waals surface area contributed by atoms with E-state index in [-0.39, 0.29) is 51.4 Å². The van der Waals surface area contributed by atoms with E-state index in [1.54, 1.807) is 48.2 Å². The van der Waals surface area contributed by atoms with Crippen LogP contribution in [0.15, 0.2) is 53.4 Å². The highest BCUT2D eigenvalue weighted by molar-refractivity contribution is 7.90. The first kappa shape index (κ1) is 22.9. The van der Waals surface area contributed by atoms with E-state index in [9.17, 15) is 18.1 Å². The van der Waals surface area contributed by atoms with E-state index in [2.05, 4.69) is 15.0 Å². The van der Waals surface area contributed by atoms with Crippen molar-refractivity contribution in [3.63, 3.8) is 0 Å². The van der Waals surface area contributed by atoms with Crippen molar-refractivity contribution in [1.82, 2.24) is 15.0 Å². The number of pyridine rings is 1. The van der Waals surface area contributed by atoms with Gasteiger partial charge in [-0.2, -0.15) is 15.2 Å². The van der Waals surface area contributed by atoms with Crippen LogP contribution in [0.25, 0.3) is 22.2 Å². The molecule has 0 aliphatic rings. The van der Waals surface area contributed by atoms with Crippen LogP contribution in [-0.2, 0) is 9.84 Å². The summed E-state index contributed by atoms with van der Waals surface area (Å²) >= 11 is 0. The van der Waals surface area contributed by atoms with E-state index in [1.165, 1.54) is 12.1 Å². The Balaban J connectivity index is 2.13. The summed E-state index contributed by atoms with van der Waals surface area (Å²) in [5.74, 6) is -0.659. The van der Waals surface area contributed by atoms with Crippen LogP contribution < -0.4 is 16.4 Å². The number of nitrogens with two attached hydrogens (primary N) is 2. The van der Waals surface area contributed by atoms with Gasteiger partial charge in [0.15, 0.2) is 15.7 Å². The number of rotatable bonds is 5. The molecule has 4 N–H and O–H groups in total. The van der Waals surface area contributed by atoms with Crippen LogP contribution in [0.2, 0.25) is 0 Å². The fourth-order valence-corrected chi connectivity index (χ4v) is 4.65. The van der Waals surface area contributed by atoms with Crippen molar-refractivity contribution < 1.29 is 12.8 Å². The normalized spacial score (nSPS) is 11.4. The van der Waals surface area contributed by atoms with E-state index in [0.717, 1.165) is 6.26 Å². The molecule has 0 atom stereocenters. The fraction of sp³-hybridized carbons (Fsp3) is 0.130. The Morgan fingerprint density at radius 3 is 2.50 bits per heavy atom. The number of aromatic nitrogens is 3. The van der Waals surface area contributed by atoms with Gasteiger partial charge in [-0.05, 0) is 25.1 Å². The summed E-state index contributed by atoms with van der Waals surface area (Å²) in [6.07, 6.45) is 1.09. The van der Waals surface area contributed by atoms with E-state index in [1.807, 2.05) is 6.07 Å². The maximum atomic E-state index is 14.7. The number of hydrogen-bond donors (Lipinski definition) is 2. The predicted molar refractivity (Wildman–Crippen MR) is 128 cm³/mol. The first-order chi connectivity index (χ1) is 16.2. The van der Waals surface area contributed by atoms with Gasteiger partial charge in [-0.15, -0.1) is 0 Å². The summed E-state index contributed by atoms with van der Waals surface area (Å²) in [4.78, 5) is 14.3. The molecule has 0 bridgehead atoms. The molecule has 9 nitrogen and oxygen atoms in total. The highest BCUT2D eigenvalue weighted by Gasteiger charge is 2.25. The van der Waals surface area contributed by atoms with Crippen molar-refractivity contribution in [2.45, 2.75) is 11.8 Å². The highest BCUT2D eigenvalue weighted by Crippen LogP contribution is 2.40. The minimum absolute atomic E-state index is 0.00210. The van der Waals surface area contributed by atoms with Crippen molar-refractivity contribution in [1.29, 1.82) is 5.26 Å². The van der Waals surface area contributed by atoms with Crippen LogP contribution >= 0.6 is 0 Å². The number of nitrogen functional groups attached to an aromatic ring is 2. The van der Waals surface area contributed by atoms with E-state index in [4.69, 9.17) is 11.5 Å². The van der Waals surface area contributed by atoms with Crippen molar-refractivity contribution >= 4 is 44.0 Å². The number of hydrogen-bond acceptors (Lipinski definition) is 9. The van der Waals surface area contributed by atoms with Crippen LogP contribution in [0.4, 0.5) is 27.7 Å². The van der Waals surface area contributed by atoms with Crippen molar-refractivity contribution in [3.8, 4) is 17.3 Å². The second kappa shape index (κ2) is 8.57. The lowest BCUT2D eigenvalue weighted by Crippen LogP contribution is -2.22. The lowest BCUT2D eigenvalue weighted by atomic mass is 10.1. The van der Waals surface area contributed by atoms with Crippen LogP contribution in [0.3, 0.4) is 0 Å². The summed E-state index contributed by atoms with van der Waals surface area (Å²) in [7, 11) is -3.66. The molecule has 2 aromatic heterocycles. The third-order valence-corrected chi connectivity index (χ3v) is 6.38. The molecular formula is C23H20FN7O2S. The number of nitriles is 1.